The number of fused-ring (bicyclic) bond motifs is 3. The summed E-state index contributed by atoms with van der Waals surface area (Å²) in [6, 6.07) is 22.0. The van der Waals surface area contributed by atoms with Crippen LogP contribution in [0.4, 0.5) is 15.8 Å². The lowest BCUT2D eigenvalue weighted by atomic mass is 9.82. The van der Waals surface area contributed by atoms with Gasteiger partial charge in [0, 0.05) is 27.9 Å². The largest absolute Gasteiger partial charge is 0.336 e. The lowest BCUT2D eigenvalue weighted by Crippen LogP contribution is -2.38. The minimum atomic E-state index is -0.213. The minimum absolute atomic E-state index is 0.0482. The van der Waals surface area contributed by atoms with Gasteiger partial charge in [0.2, 0.25) is 0 Å². The van der Waals surface area contributed by atoms with Gasteiger partial charge in [-0.2, -0.15) is 0 Å². The Kier molecular flexibility index (Phi) is 3.92. The van der Waals surface area contributed by atoms with Crippen LogP contribution in [-0.2, 0) is 5.41 Å². The predicted molar refractivity (Wildman–Crippen MR) is 112 cm³/mol. The fraction of sp³-hybridized carbons (Fsp3) is 0.280. The Morgan fingerprint density at radius 1 is 0.815 bits per heavy atom. The molecule has 3 aromatic carbocycles. The monoisotopic (exact) mass is 359 g/mol. The molecule has 3 aromatic rings. The molecule has 0 fully saturated rings. The van der Waals surface area contributed by atoms with E-state index in [4.69, 9.17) is 0 Å². The third-order valence-electron chi connectivity index (χ3n) is 5.56. The summed E-state index contributed by atoms with van der Waals surface area (Å²) in [4.78, 5) is 2.26. The molecule has 0 saturated carbocycles. The molecule has 0 N–H and O–H groups in total. The fourth-order valence-electron chi connectivity index (χ4n) is 4.42. The van der Waals surface area contributed by atoms with E-state index in [0.717, 1.165) is 11.4 Å². The third-order valence-corrected chi connectivity index (χ3v) is 5.56. The van der Waals surface area contributed by atoms with Crippen LogP contribution in [-0.4, -0.2) is 5.54 Å². The van der Waals surface area contributed by atoms with Crippen LogP contribution >= 0.6 is 0 Å². The highest BCUT2D eigenvalue weighted by Crippen LogP contribution is 2.53. The van der Waals surface area contributed by atoms with Crippen LogP contribution in [0.1, 0.15) is 45.7 Å². The summed E-state index contributed by atoms with van der Waals surface area (Å²) in [6.45, 7) is 11.1. The smallest absolute Gasteiger partial charge is 0.125 e. The second-order valence-corrected chi connectivity index (χ2v) is 8.86. The molecule has 4 rings (SSSR count). The molecule has 0 unspecified atom stereocenters. The van der Waals surface area contributed by atoms with Gasteiger partial charge in [0.15, 0.2) is 0 Å². The fourth-order valence-corrected chi connectivity index (χ4v) is 4.42. The van der Waals surface area contributed by atoms with Crippen LogP contribution < -0.4 is 4.90 Å². The Morgan fingerprint density at radius 3 is 2.19 bits per heavy atom. The quantitative estimate of drug-likeness (QED) is 0.473. The van der Waals surface area contributed by atoms with Crippen molar-refractivity contribution in [2.75, 3.05) is 4.90 Å². The molecule has 0 amide bonds. The summed E-state index contributed by atoms with van der Waals surface area (Å²) in [5, 5.41) is 0. The zero-order valence-electron chi connectivity index (χ0n) is 16.7. The highest BCUT2D eigenvalue weighted by atomic mass is 19.1. The van der Waals surface area contributed by atoms with Crippen molar-refractivity contribution in [2.24, 2.45) is 0 Å². The van der Waals surface area contributed by atoms with E-state index in [0.29, 0.717) is 0 Å². The second-order valence-electron chi connectivity index (χ2n) is 8.86. The highest BCUT2D eigenvalue weighted by Gasteiger charge is 2.38. The first kappa shape index (κ1) is 17.8. The van der Waals surface area contributed by atoms with Crippen LogP contribution in [0.3, 0.4) is 0 Å². The first-order chi connectivity index (χ1) is 12.7. The van der Waals surface area contributed by atoms with Crippen molar-refractivity contribution in [1.29, 1.82) is 0 Å². The molecule has 27 heavy (non-hydrogen) atoms. The Balaban J connectivity index is 2.03. The van der Waals surface area contributed by atoms with Crippen LogP contribution in [0.25, 0.3) is 11.1 Å². The number of benzene rings is 3. The van der Waals surface area contributed by atoms with E-state index in [9.17, 15) is 4.39 Å². The van der Waals surface area contributed by atoms with Crippen molar-refractivity contribution in [3.63, 3.8) is 0 Å². The first-order valence-corrected chi connectivity index (χ1v) is 9.50. The van der Waals surface area contributed by atoms with E-state index in [1.807, 2.05) is 6.07 Å². The number of hydrogen-bond donors (Lipinski definition) is 0. The molecule has 2 heteroatoms. The van der Waals surface area contributed by atoms with Crippen LogP contribution in [0.5, 0.6) is 0 Å². The van der Waals surface area contributed by atoms with Gasteiger partial charge < -0.3 is 4.90 Å². The summed E-state index contributed by atoms with van der Waals surface area (Å²) in [6.07, 6.45) is 0. The van der Waals surface area contributed by atoms with E-state index >= 15 is 0 Å². The van der Waals surface area contributed by atoms with E-state index in [-0.39, 0.29) is 16.8 Å². The van der Waals surface area contributed by atoms with Crippen LogP contribution in [0, 0.1) is 5.82 Å². The predicted octanol–water partition coefficient (Wildman–Crippen LogP) is 7.07. The van der Waals surface area contributed by atoms with Crippen molar-refractivity contribution in [2.45, 2.75) is 45.6 Å². The highest BCUT2D eigenvalue weighted by molar-refractivity contribution is 5.92. The summed E-state index contributed by atoms with van der Waals surface area (Å²) in [5.74, 6) is -0.213. The molecule has 0 bridgehead atoms. The maximum Gasteiger partial charge on any atom is 0.125 e. The lowest BCUT2D eigenvalue weighted by molar-refractivity contribution is 0.557. The number of rotatable bonds is 2. The van der Waals surface area contributed by atoms with Crippen molar-refractivity contribution in [3.05, 3.63) is 83.7 Å². The molecule has 0 atom stereocenters. The van der Waals surface area contributed by atoms with Gasteiger partial charge in [0.25, 0.3) is 0 Å². The van der Waals surface area contributed by atoms with Crippen molar-refractivity contribution >= 4 is 11.4 Å². The van der Waals surface area contributed by atoms with Gasteiger partial charge in [0.05, 0.1) is 0 Å². The van der Waals surface area contributed by atoms with Crippen molar-refractivity contribution < 1.29 is 4.39 Å². The summed E-state index contributed by atoms with van der Waals surface area (Å²) < 4.78 is 14.0. The second kappa shape index (κ2) is 5.95. The molecular formula is C25H26FN. The van der Waals surface area contributed by atoms with Crippen LogP contribution in [0.2, 0.25) is 0 Å². The number of anilines is 2. The van der Waals surface area contributed by atoms with Gasteiger partial charge in [-0.3, -0.25) is 0 Å². The van der Waals surface area contributed by atoms with Crippen molar-refractivity contribution in [1.82, 2.24) is 0 Å². The van der Waals surface area contributed by atoms with Gasteiger partial charge in [0.1, 0.15) is 5.82 Å². The van der Waals surface area contributed by atoms with Crippen LogP contribution in [0.15, 0.2) is 66.7 Å². The molecule has 1 aliphatic carbocycles. The molecule has 0 saturated heterocycles. The molecular weight excluding hydrogens is 333 g/mol. The average molecular weight is 359 g/mol. The molecule has 0 heterocycles. The van der Waals surface area contributed by atoms with Crippen molar-refractivity contribution in [3.8, 4) is 11.1 Å². The average Bonchev–Trinajstić information content (AvgIpc) is 2.83. The van der Waals surface area contributed by atoms with Gasteiger partial charge in [-0.15, -0.1) is 0 Å². The molecule has 0 aromatic heterocycles. The molecule has 0 spiro atoms. The number of hydrogen-bond acceptors (Lipinski definition) is 1. The zero-order chi connectivity index (χ0) is 19.4. The van der Waals surface area contributed by atoms with Gasteiger partial charge >= 0.3 is 0 Å². The lowest BCUT2D eigenvalue weighted by Gasteiger charge is -2.39. The first-order valence-electron chi connectivity index (χ1n) is 9.50. The Hall–Kier alpha value is -2.61. The van der Waals surface area contributed by atoms with E-state index in [1.54, 1.807) is 12.1 Å². The molecule has 0 aliphatic heterocycles. The van der Waals surface area contributed by atoms with E-state index in [1.165, 1.54) is 28.3 Å². The Bertz CT molecular complexity index is 1010. The minimum Gasteiger partial charge on any atom is -0.336 e. The molecule has 1 nitrogen and oxygen atoms in total. The van der Waals surface area contributed by atoms with Gasteiger partial charge in [-0.25, -0.2) is 4.39 Å². The number of nitrogens with zero attached hydrogens (tertiary/aromatic N) is 1. The Morgan fingerprint density at radius 2 is 1.48 bits per heavy atom. The topological polar surface area (TPSA) is 3.24 Å². The van der Waals surface area contributed by atoms with Gasteiger partial charge in [-0.05, 0) is 61.7 Å². The van der Waals surface area contributed by atoms with E-state index < -0.39 is 0 Å². The maximum absolute atomic E-state index is 14.0. The SMILES string of the molecule is CC1(C)c2ccccc2-c2c(N(c3cccc(F)c3)C(C)(C)C)cccc21. The molecule has 138 valence electrons. The third kappa shape index (κ3) is 2.75. The summed E-state index contributed by atoms with van der Waals surface area (Å²) >= 11 is 0. The maximum atomic E-state index is 14.0. The van der Waals surface area contributed by atoms with Gasteiger partial charge in [-0.1, -0.05) is 56.3 Å². The summed E-state index contributed by atoms with van der Waals surface area (Å²) in [5.41, 5.74) is 6.96. The normalized spacial score (nSPS) is 14.6. The summed E-state index contributed by atoms with van der Waals surface area (Å²) in [7, 11) is 0. The zero-order valence-corrected chi connectivity index (χ0v) is 16.7. The number of halogens is 1. The standard InChI is InChI=1S/C25H26FN/c1-24(2,3)27(18-11-8-10-17(26)16-18)22-15-9-14-21-23(22)19-12-6-7-13-20(19)25(21,4)5/h6-16H,1-5H3. The molecule has 1 aliphatic rings. The Labute approximate surface area is 161 Å². The van der Waals surface area contributed by atoms with E-state index in [2.05, 4.69) is 82.0 Å². The molecule has 0 radical (unpaired) electrons.